The third kappa shape index (κ3) is 4.86. The van der Waals surface area contributed by atoms with Gasteiger partial charge in [-0.3, -0.25) is 0 Å². The van der Waals surface area contributed by atoms with E-state index < -0.39 is 5.54 Å². The van der Waals surface area contributed by atoms with Gasteiger partial charge < -0.3 is 26.0 Å². The van der Waals surface area contributed by atoms with Gasteiger partial charge in [-0.05, 0) is 124 Å². The molecule has 226 valence electrons. The van der Waals surface area contributed by atoms with Crippen LogP contribution in [0.3, 0.4) is 0 Å². The number of phenolic OH excluding ortho intramolecular Hbond substituents is 1. The molecule has 5 N–H and O–H groups in total. The number of nitrogens with one attached hydrogen (secondary N) is 1. The number of benzene rings is 1. The van der Waals surface area contributed by atoms with Gasteiger partial charge in [0.15, 0.2) is 0 Å². The maximum Gasteiger partial charge on any atom is 0.116 e. The second-order valence-corrected chi connectivity index (χ2v) is 15.6. The Hall–Kier alpha value is -1.58. The Labute approximate surface area is 248 Å². The maximum absolute atomic E-state index is 10.7. The van der Waals surface area contributed by atoms with Gasteiger partial charge in [-0.1, -0.05) is 38.5 Å². The number of nitrogens with two attached hydrogens (primary N) is 1. The number of aliphatic hydroxyl groups excluding tert-OH is 1. The predicted octanol–water partition coefficient (Wildman–Crippen LogP) is 5.58. The molecule has 41 heavy (non-hydrogen) atoms. The molecule has 2 aliphatic heterocycles. The SMILES string of the molecule is CNCc1cc(O)cc2c1C[C@H]1C[C@@H](CCC(C)C)C[C@@H](C1)[C@]13C[C@@H]4CC[C@@H](CO)[C@](N)([C@@H]1C#CC2)[C@@H]4C(C)(C)O3. The van der Waals surface area contributed by atoms with E-state index in [1.807, 2.05) is 19.2 Å². The summed E-state index contributed by atoms with van der Waals surface area (Å²) in [4.78, 5) is 0. The molecule has 7 rings (SSSR count). The number of hydrogen-bond donors (Lipinski definition) is 4. The molecule has 2 heterocycles. The average Bonchev–Trinajstić information content (AvgIpc) is 2.91. The minimum Gasteiger partial charge on any atom is -0.508 e. The number of hydrogen-bond acceptors (Lipinski definition) is 5. The molecule has 0 amide bonds. The highest BCUT2D eigenvalue weighted by molar-refractivity contribution is 5.45. The van der Waals surface area contributed by atoms with Crippen molar-refractivity contribution < 1.29 is 14.9 Å². The van der Waals surface area contributed by atoms with Crippen LogP contribution in [0.25, 0.3) is 0 Å². The van der Waals surface area contributed by atoms with Crippen LogP contribution in [0.1, 0.15) is 95.8 Å². The van der Waals surface area contributed by atoms with Crippen LogP contribution in [0.2, 0.25) is 0 Å². The summed E-state index contributed by atoms with van der Waals surface area (Å²) < 4.78 is 7.44. The fourth-order valence-corrected chi connectivity index (χ4v) is 10.9. The zero-order valence-corrected chi connectivity index (χ0v) is 26.1. The number of aliphatic hydroxyl groups is 1. The number of phenols is 1. The van der Waals surface area contributed by atoms with E-state index in [1.54, 1.807) is 0 Å². The molecule has 2 saturated heterocycles. The van der Waals surface area contributed by atoms with E-state index in [-0.39, 0.29) is 35.6 Å². The zero-order chi connectivity index (χ0) is 29.2. The second kappa shape index (κ2) is 10.8. The minimum atomic E-state index is -0.557. The molecule has 4 aliphatic carbocycles. The quantitative estimate of drug-likeness (QED) is 0.340. The molecule has 6 aliphatic rings. The summed E-state index contributed by atoms with van der Waals surface area (Å²) >= 11 is 0. The lowest BCUT2D eigenvalue weighted by Crippen LogP contribution is -2.82. The van der Waals surface area contributed by atoms with Gasteiger partial charge in [0, 0.05) is 36.9 Å². The van der Waals surface area contributed by atoms with E-state index in [9.17, 15) is 10.2 Å². The summed E-state index contributed by atoms with van der Waals surface area (Å²) in [5, 5.41) is 24.7. The molecule has 5 heteroatoms. The van der Waals surface area contributed by atoms with Crippen LogP contribution in [0.5, 0.6) is 5.75 Å². The summed E-state index contributed by atoms with van der Waals surface area (Å²) in [6.45, 7) is 10.1. The first-order valence-corrected chi connectivity index (χ1v) is 16.6. The molecule has 6 bridgehead atoms. The molecule has 1 aromatic carbocycles. The lowest BCUT2D eigenvalue weighted by molar-refractivity contribution is -0.340. The molecular weight excluding hydrogens is 508 g/mol. The molecule has 0 unspecified atom stereocenters. The van der Waals surface area contributed by atoms with Crippen LogP contribution >= 0.6 is 0 Å². The van der Waals surface area contributed by atoms with E-state index in [1.165, 1.54) is 36.8 Å². The van der Waals surface area contributed by atoms with Gasteiger partial charge in [-0.15, -0.1) is 0 Å². The summed E-state index contributed by atoms with van der Waals surface area (Å²) in [5.74, 6) is 10.8. The van der Waals surface area contributed by atoms with Crippen molar-refractivity contribution in [3.8, 4) is 17.6 Å². The first-order valence-electron chi connectivity index (χ1n) is 16.6. The first-order chi connectivity index (χ1) is 19.5. The fraction of sp³-hybridized carbons (Fsp3) is 0.778. The Morgan fingerprint density at radius 1 is 1.17 bits per heavy atom. The Morgan fingerprint density at radius 3 is 2.71 bits per heavy atom. The topological polar surface area (TPSA) is 87.7 Å². The lowest BCUT2D eigenvalue weighted by Gasteiger charge is -2.73. The first kappa shape index (κ1) is 29.5. The van der Waals surface area contributed by atoms with E-state index in [4.69, 9.17) is 10.5 Å². The molecule has 3 saturated carbocycles. The third-order valence-corrected chi connectivity index (χ3v) is 12.1. The van der Waals surface area contributed by atoms with Gasteiger partial charge in [-0.25, -0.2) is 0 Å². The summed E-state index contributed by atoms with van der Waals surface area (Å²) in [7, 11) is 1.98. The molecule has 0 aromatic heterocycles. The van der Waals surface area contributed by atoms with Crippen molar-refractivity contribution in [3.63, 3.8) is 0 Å². The fourth-order valence-electron chi connectivity index (χ4n) is 10.9. The van der Waals surface area contributed by atoms with Crippen LogP contribution in [-0.4, -0.2) is 40.6 Å². The van der Waals surface area contributed by atoms with Crippen molar-refractivity contribution in [1.29, 1.82) is 0 Å². The molecule has 1 aromatic rings. The Bertz CT molecular complexity index is 1200. The van der Waals surface area contributed by atoms with Crippen molar-refractivity contribution in [2.75, 3.05) is 13.7 Å². The van der Waals surface area contributed by atoms with Crippen molar-refractivity contribution in [1.82, 2.24) is 5.32 Å². The van der Waals surface area contributed by atoms with Crippen LogP contribution < -0.4 is 11.1 Å². The van der Waals surface area contributed by atoms with E-state index in [0.29, 0.717) is 41.8 Å². The Morgan fingerprint density at radius 2 is 1.98 bits per heavy atom. The molecule has 5 fully saturated rings. The number of aromatic hydroxyl groups is 1. The average molecular weight is 563 g/mol. The van der Waals surface area contributed by atoms with Crippen molar-refractivity contribution in [2.45, 2.75) is 115 Å². The van der Waals surface area contributed by atoms with Gasteiger partial charge in [0.1, 0.15) is 5.75 Å². The molecule has 9 atom stereocenters. The van der Waals surface area contributed by atoms with Crippen LogP contribution in [-0.2, 0) is 24.1 Å². The molecular formula is C36H54N2O3. The van der Waals surface area contributed by atoms with E-state index in [0.717, 1.165) is 44.2 Å². The van der Waals surface area contributed by atoms with Crippen molar-refractivity contribution >= 4 is 0 Å². The van der Waals surface area contributed by atoms with Crippen molar-refractivity contribution in [3.05, 3.63) is 28.8 Å². The molecule has 0 radical (unpaired) electrons. The highest BCUT2D eigenvalue weighted by Crippen LogP contribution is 2.68. The minimum absolute atomic E-state index is 0.0470. The Balaban J connectivity index is 1.51. The van der Waals surface area contributed by atoms with Gasteiger partial charge in [0.2, 0.25) is 0 Å². The second-order valence-electron chi connectivity index (χ2n) is 15.6. The highest BCUT2D eigenvalue weighted by atomic mass is 16.5. The normalized spacial score (nSPS) is 40.6. The number of fused-ring (bicyclic) bond motifs is 4. The molecule has 1 spiro atoms. The largest absolute Gasteiger partial charge is 0.508 e. The third-order valence-electron chi connectivity index (χ3n) is 12.1. The smallest absolute Gasteiger partial charge is 0.116 e. The van der Waals surface area contributed by atoms with Gasteiger partial charge in [-0.2, -0.15) is 0 Å². The summed E-state index contributed by atoms with van der Waals surface area (Å²) in [5.41, 5.74) is 10.2. The van der Waals surface area contributed by atoms with Gasteiger partial charge in [0.05, 0.1) is 17.1 Å². The summed E-state index contributed by atoms with van der Waals surface area (Å²) in [6.07, 6.45) is 10.9. The monoisotopic (exact) mass is 562 g/mol. The predicted molar refractivity (Wildman–Crippen MR) is 164 cm³/mol. The zero-order valence-electron chi connectivity index (χ0n) is 26.1. The Kier molecular flexibility index (Phi) is 7.80. The standard InChI is InChI=1S/C36H54N2O3/c1-22(2)9-10-23-13-24-15-29(14-23)35-19-26-11-12-28(21-39)36(37,33(26)34(3,4)41-35)32(35)8-6-7-25-17-30(40)18-27(20-38-5)31(25)16-24/h17-18,22-24,26,28-29,32-33,38-40H,7,9-16,19-21,37H2,1-5H3/t23-,24+,26+,28+,29+,32-,33+,35-,36+/m1/s1. The van der Waals surface area contributed by atoms with Crippen LogP contribution in [0, 0.1) is 59.2 Å². The van der Waals surface area contributed by atoms with Crippen LogP contribution in [0.15, 0.2) is 12.1 Å². The number of rotatable bonds is 6. The van der Waals surface area contributed by atoms with Crippen molar-refractivity contribution in [2.24, 2.45) is 53.1 Å². The van der Waals surface area contributed by atoms with E-state index in [2.05, 4.69) is 44.9 Å². The highest BCUT2D eigenvalue weighted by Gasteiger charge is 2.74. The lowest BCUT2D eigenvalue weighted by atomic mass is 9.40. The van der Waals surface area contributed by atoms with Gasteiger partial charge >= 0.3 is 0 Å². The summed E-state index contributed by atoms with van der Waals surface area (Å²) in [6, 6.07) is 3.90. The van der Waals surface area contributed by atoms with E-state index >= 15 is 0 Å². The van der Waals surface area contributed by atoms with Gasteiger partial charge in [0.25, 0.3) is 0 Å². The number of ether oxygens (including phenoxy) is 1. The molecule has 5 nitrogen and oxygen atoms in total. The van der Waals surface area contributed by atoms with Crippen LogP contribution in [0.4, 0.5) is 0 Å². The maximum atomic E-state index is 10.7.